The molecule has 126 valence electrons. The molecule has 3 heterocycles. The van der Waals surface area contributed by atoms with Crippen LogP contribution < -0.4 is 5.32 Å². The molecule has 1 atom stereocenters. The average molecular weight is 306 g/mol. The van der Waals surface area contributed by atoms with Crippen molar-refractivity contribution in [1.29, 1.82) is 0 Å². The second-order valence-electron chi connectivity index (χ2n) is 8.82. The van der Waals surface area contributed by atoms with Crippen LogP contribution in [0.4, 0.5) is 0 Å². The van der Waals surface area contributed by atoms with Gasteiger partial charge >= 0.3 is 0 Å². The van der Waals surface area contributed by atoms with Crippen LogP contribution in [0.3, 0.4) is 0 Å². The summed E-state index contributed by atoms with van der Waals surface area (Å²) in [5, 5.41) is 3.53. The van der Waals surface area contributed by atoms with E-state index in [-0.39, 0.29) is 0 Å². The van der Waals surface area contributed by atoms with Crippen molar-refractivity contribution in [2.24, 2.45) is 11.3 Å². The maximum absolute atomic E-state index is 3.53. The van der Waals surface area contributed by atoms with Crippen LogP contribution in [0.2, 0.25) is 0 Å². The lowest BCUT2D eigenvalue weighted by Gasteiger charge is -2.55. The molecule has 4 fully saturated rings. The summed E-state index contributed by atoms with van der Waals surface area (Å²) < 4.78 is 0. The summed E-state index contributed by atoms with van der Waals surface area (Å²) in [6.45, 7) is 10.4. The Hall–Kier alpha value is -0.120. The van der Waals surface area contributed by atoms with Gasteiger partial charge in [-0.25, -0.2) is 0 Å². The number of hydrogen-bond donors (Lipinski definition) is 1. The fourth-order valence-electron chi connectivity index (χ4n) is 5.74. The van der Waals surface area contributed by atoms with Gasteiger partial charge in [0, 0.05) is 18.6 Å². The van der Waals surface area contributed by atoms with E-state index in [0.29, 0.717) is 0 Å². The molecule has 1 unspecified atom stereocenters. The van der Waals surface area contributed by atoms with Gasteiger partial charge in [0.15, 0.2) is 0 Å². The summed E-state index contributed by atoms with van der Waals surface area (Å²) >= 11 is 0. The van der Waals surface area contributed by atoms with Crippen LogP contribution in [-0.2, 0) is 0 Å². The van der Waals surface area contributed by atoms with Crippen LogP contribution in [-0.4, -0.2) is 61.2 Å². The number of rotatable bonds is 2. The Morgan fingerprint density at radius 1 is 0.864 bits per heavy atom. The fraction of sp³-hybridized carbons (Fsp3) is 1.00. The molecule has 0 radical (unpaired) electrons. The molecule has 1 spiro atoms. The van der Waals surface area contributed by atoms with Gasteiger partial charge in [0.05, 0.1) is 0 Å². The normalized spacial score (nSPS) is 35.6. The largest absolute Gasteiger partial charge is 0.317 e. The number of nitrogens with one attached hydrogen (secondary N) is 1. The van der Waals surface area contributed by atoms with Gasteiger partial charge in [-0.15, -0.1) is 0 Å². The minimum atomic E-state index is 0.745. The molecule has 0 aromatic carbocycles. The molecule has 1 aliphatic carbocycles. The van der Waals surface area contributed by atoms with Gasteiger partial charge in [0.1, 0.15) is 0 Å². The predicted molar refractivity (Wildman–Crippen MR) is 92.1 cm³/mol. The molecule has 3 aliphatic heterocycles. The van der Waals surface area contributed by atoms with Gasteiger partial charge in [0.2, 0.25) is 0 Å². The molecule has 3 heteroatoms. The van der Waals surface area contributed by atoms with Crippen LogP contribution >= 0.6 is 0 Å². The number of piperidine rings is 3. The Morgan fingerprint density at radius 2 is 1.59 bits per heavy atom. The molecule has 22 heavy (non-hydrogen) atoms. The van der Waals surface area contributed by atoms with E-state index in [4.69, 9.17) is 0 Å². The average Bonchev–Trinajstić information content (AvgIpc) is 2.53. The van der Waals surface area contributed by atoms with E-state index in [2.05, 4.69) is 22.0 Å². The highest BCUT2D eigenvalue weighted by molar-refractivity contribution is 5.01. The zero-order chi connectivity index (χ0) is 15.0. The molecule has 0 aromatic heterocycles. The van der Waals surface area contributed by atoms with Crippen molar-refractivity contribution in [1.82, 2.24) is 15.1 Å². The quantitative estimate of drug-likeness (QED) is 0.846. The summed E-state index contributed by atoms with van der Waals surface area (Å²) in [4.78, 5) is 5.66. The van der Waals surface area contributed by atoms with E-state index in [9.17, 15) is 0 Å². The van der Waals surface area contributed by atoms with Gasteiger partial charge in [-0.1, -0.05) is 6.92 Å². The molecule has 0 bridgehead atoms. The van der Waals surface area contributed by atoms with Crippen molar-refractivity contribution in [2.75, 3.05) is 39.3 Å². The van der Waals surface area contributed by atoms with Gasteiger partial charge in [-0.05, 0) is 95.4 Å². The van der Waals surface area contributed by atoms with Crippen molar-refractivity contribution in [3.63, 3.8) is 0 Å². The molecule has 3 nitrogen and oxygen atoms in total. The Balaban J connectivity index is 1.23. The zero-order valence-corrected chi connectivity index (χ0v) is 14.5. The summed E-state index contributed by atoms with van der Waals surface area (Å²) in [6, 6.07) is 1.83. The maximum Gasteiger partial charge on any atom is 0.0120 e. The topological polar surface area (TPSA) is 18.5 Å². The fourth-order valence-corrected chi connectivity index (χ4v) is 5.74. The number of likely N-dealkylation sites (tertiary alicyclic amines) is 2. The third-order valence-corrected chi connectivity index (χ3v) is 7.22. The lowest BCUT2D eigenvalue weighted by molar-refractivity contribution is -0.0394. The maximum atomic E-state index is 3.53. The number of nitrogens with zero attached hydrogens (tertiary/aromatic N) is 2. The number of hydrogen-bond acceptors (Lipinski definition) is 3. The SMILES string of the molecule is CC1CCCN(C2CCN(C3CC4(CCNCC4)C3)CC2)C1. The van der Waals surface area contributed by atoms with E-state index in [1.165, 1.54) is 90.6 Å². The lowest BCUT2D eigenvalue weighted by Crippen LogP contribution is -2.57. The summed E-state index contributed by atoms with van der Waals surface area (Å²) in [5.41, 5.74) is 0.745. The van der Waals surface area contributed by atoms with E-state index in [1.54, 1.807) is 0 Å². The Kier molecular flexibility index (Phi) is 4.49. The summed E-state index contributed by atoms with van der Waals surface area (Å²) in [5.74, 6) is 0.929. The first kappa shape index (κ1) is 15.4. The third kappa shape index (κ3) is 3.09. The standard InChI is InChI=1S/C19H35N3/c1-16-3-2-10-22(15-16)17-4-11-21(12-5-17)18-13-19(14-18)6-8-20-9-7-19/h16-18,20H,2-15H2,1H3. The minimum Gasteiger partial charge on any atom is -0.317 e. The van der Waals surface area contributed by atoms with Crippen molar-refractivity contribution in [2.45, 2.75) is 70.4 Å². The van der Waals surface area contributed by atoms with Crippen molar-refractivity contribution in [3.8, 4) is 0 Å². The van der Waals surface area contributed by atoms with E-state index < -0.39 is 0 Å². The minimum absolute atomic E-state index is 0.745. The Bertz CT molecular complexity index is 361. The van der Waals surface area contributed by atoms with Gasteiger partial charge in [-0.2, -0.15) is 0 Å². The molecule has 1 saturated carbocycles. The predicted octanol–water partition coefficient (Wildman–Crippen LogP) is 2.71. The van der Waals surface area contributed by atoms with E-state index in [0.717, 1.165) is 23.4 Å². The van der Waals surface area contributed by atoms with Crippen molar-refractivity contribution < 1.29 is 0 Å². The first-order chi connectivity index (χ1) is 10.7. The smallest absolute Gasteiger partial charge is 0.0120 e. The van der Waals surface area contributed by atoms with E-state index in [1.807, 2.05) is 0 Å². The van der Waals surface area contributed by atoms with Crippen LogP contribution in [0.5, 0.6) is 0 Å². The van der Waals surface area contributed by atoms with Crippen molar-refractivity contribution in [3.05, 3.63) is 0 Å². The highest BCUT2D eigenvalue weighted by atomic mass is 15.2. The monoisotopic (exact) mass is 305 g/mol. The van der Waals surface area contributed by atoms with Crippen LogP contribution in [0.1, 0.15) is 58.3 Å². The van der Waals surface area contributed by atoms with Crippen molar-refractivity contribution >= 4 is 0 Å². The van der Waals surface area contributed by atoms with Crippen LogP contribution in [0.15, 0.2) is 0 Å². The van der Waals surface area contributed by atoms with Gasteiger partial charge < -0.3 is 15.1 Å². The second-order valence-corrected chi connectivity index (χ2v) is 8.82. The van der Waals surface area contributed by atoms with Gasteiger partial charge in [-0.3, -0.25) is 0 Å². The highest BCUT2D eigenvalue weighted by Crippen LogP contribution is 2.50. The lowest BCUT2D eigenvalue weighted by atomic mass is 9.60. The molecular formula is C19H35N3. The summed E-state index contributed by atoms with van der Waals surface area (Å²) in [6.07, 6.45) is 11.6. The molecule has 3 saturated heterocycles. The molecule has 0 aromatic rings. The molecular weight excluding hydrogens is 270 g/mol. The molecule has 4 rings (SSSR count). The molecule has 0 amide bonds. The zero-order valence-electron chi connectivity index (χ0n) is 14.5. The van der Waals surface area contributed by atoms with Crippen LogP contribution in [0, 0.1) is 11.3 Å². The highest BCUT2D eigenvalue weighted by Gasteiger charge is 2.47. The second kappa shape index (κ2) is 6.41. The van der Waals surface area contributed by atoms with E-state index >= 15 is 0 Å². The first-order valence-corrected chi connectivity index (χ1v) is 9.93. The Labute approximate surface area is 136 Å². The Morgan fingerprint density at radius 3 is 2.27 bits per heavy atom. The first-order valence-electron chi connectivity index (χ1n) is 9.93. The molecule has 4 aliphatic rings. The summed E-state index contributed by atoms with van der Waals surface area (Å²) in [7, 11) is 0. The molecule has 1 N–H and O–H groups in total. The third-order valence-electron chi connectivity index (χ3n) is 7.22. The van der Waals surface area contributed by atoms with Crippen LogP contribution in [0.25, 0.3) is 0 Å². The van der Waals surface area contributed by atoms with Gasteiger partial charge in [0.25, 0.3) is 0 Å².